The number of anilines is 1. The largest absolute Gasteiger partial charge is 0.259 e. The molecule has 0 fully saturated rings. The molecule has 3 rings (SSSR count). The SMILES string of the molecule is CCCCCC1=CCC/C1=N/Nc1nncc2ccccc12. The van der Waals surface area contributed by atoms with Gasteiger partial charge >= 0.3 is 0 Å². The second-order valence-corrected chi connectivity index (χ2v) is 5.68. The van der Waals surface area contributed by atoms with Gasteiger partial charge in [0, 0.05) is 10.8 Å². The van der Waals surface area contributed by atoms with Gasteiger partial charge in [0.25, 0.3) is 0 Å². The van der Waals surface area contributed by atoms with Crippen LogP contribution in [0.5, 0.6) is 0 Å². The molecule has 0 unspecified atom stereocenters. The average molecular weight is 294 g/mol. The summed E-state index contributed by atoms with van der Waals surface area (Å²) in [6.07, 6.45) is 11.1. The second-order valence-electron chi connectivity index (χ2n) is 5.68. The lowest BCUT2D eigenvalue weighted by Gasteiger charge is -2.07. The summed E-state index contributed by atoms with van der Waals surface area (Å²) in [7, 11) is 0. The number of fused-ring (bicyclic) bond motifs is 1. The van der Waals surface area contributed by atoms with E-state index in [4.69, 9.17) is 0 Å². The van der Waals surface area contributed by atoms with Crippen molar-refractivity contribution in [2.24, 2.45) is 5.10 Å². The van der Waals surface area contributed by atoms with Crippen molar-refractivity contribution >= 4 is 22.3 Å². The van der Waals surface area contributed by atoms with Crippen LogP contribution in [0.25, 0.3) is 10.8 Å². The van der Waals surface area contributed by atoms with Crippen molar-refractivity contribution in [1.82, 2.24) is 10.2 Å². The first-order valence-corrected chi connectivity index (χ1v) is 8.11. The Hall–Kier alpha value is -2.23. The van der Waals surface area contributed by atoms with Gasteiger partial charge in [0.2, 0.25) is 0 Å². The Morgan fingerprint density at radius 1 is 1.23 bits per heavy atom. The van der Waals surface area contributed by atoms with E-state index >= 15 is 0 Å². The summed E-state index contributed by atoms with van der Waals surface area (Å²) in [6, 6.07) is 8.09. The number of nitrogens with zero attached hydrogens (tertiary/aromatic N) is 3. The Morgan fingerprint density at radius 3 is 3.05 bits per heavy atom. The lowest BCUT2D eigenvalue weighted by atomic mass is 10.1. The molecule has 1 aliphatic carbocycles. The number of benzene rings is 1. The van der Waals surface area contributed by atoms with Crippen LogP contribution in [0, 0.1) is 0 Å². The highest BCUT2D eigenvalue weighted by molar-refractivity contribution is 6.02. The molecule has 1 aromatic heterocycles. The van der Waals surface area contributed by atoms with Gasteiger partial charge in [-0.2, -0.15) is 10.2 Å². The number of nitrogens with one attached hydrogen (secondary N) is 1. The second kappa shape index (κ2) is 7.16. The molecule has 0 spiro atoms. The highest BCUT2D eigenvalue weighted by Crippen LogP contribution is 2.23. The molecule has 1 aliphatic rings. The molecule has 1 N–H and O–H groups in total. The van der Waals surface area contributed by atoms with E-state index in [0.29, 0.717) is 0 Å². The van der Waals surface area contributed by atoms with Crippen molar-refractivity contribution in [1.29, 1.82) is 0 Å². The summed E-state index contributed by atoms with van der Waals surface area (Å²) in [5.74, 6) is 0.727. The fourth-order valence-corrected chi connectivity index (χ4v) is 2.83. The molecule has 114 valence electrons. The van der Waals surface area contributed by atoms with Crippen molar-refractivity contribution in [2.45, 2.75) is 45.4 Å². The van der Waals surface area contributed by atoms with Crippen molar-refractivity contribution in [3.63, 3.8) is 0 Å². The normalized spacial score (nSPS) is 16.2. The Bertz CT molecular complexity index is 698. The van der Waals surface area contributed by atoms with Gasteiger partial charge in [0.05, 0.1) is 11.9 Å². The molecular weight excluding hydrogens is 272 g/mol. The molecule has 0 saturated heterocycles. The third-order valence-electron chi connectivity index (χ3n) is 4.06. The molecule has 0 saturated carbocycles. The minimum absolute atomic E-state index is 0.727. The lowest BCUT2D eigenvalue weighted by Crippen LogP contribution is -2.03. The van der Waals surface area contributed by atoms with Crippen LogP contribution in [-0.2, 0) is 0 Å². The first-order valence-electron chi connectivity index (χ1n) is 8.11. The van der Waals surface area contributed by atoms with Crippen LogP contribution in [0.4, 0.5) is 5.82 Å². The fourth-order valence-electron chi connectivity index (χ4n) is 2.83. The molecule has 22 heavy (non-hydrogen) atoms. The van der Waals surface area contributed by atoms with Gasteiger partial charge in [-0.15, -0.1) is 5.10 Å². The van der Waals surface area contributed by atoms with Crippen LogP contribution in [0.15, 0.2) is 47.2 Å². The summed E-state index contributed by atoms with van der Waals surface area (Å²) in [5, 5.41) is 14.9. The quantitative estimate of drug-likeness (QED) is 0.620. The van der Waals surface area contributed by atoms with Crippen LogP contribution in [0.1, 0.15) is 45.4 Å². The predicted molar refractivity (Wildman–Crippen MR) is 92.1 cm³/mol. The number of allylic oxidation sites excluding steroid dienone is 2. The van der Waals surface area contributed by atoms with Crippen LogP contribution < -0.4 is 5.43 Å². The average Bonchev–Trinajstić information content (AvgIpc) is 3.00. The van der Waals surface area contributed by atoms with Crippen molar-refractivity contribution in [3.05, 3.63) is 42.1 Å². The zero-order valence-corrected chi connectivity index (χ0v) is 13.0. The zero-order chi connectivity index (χ0) is 15.2. The highest BCUT2D eigenvalue weighted by Gasteiger charge is 2.13. The van der Waals surface area contributed by atoms with Gasteiger partial charge in [0.15, 0.2) is 5.82 Å². The minimum Gasteiger partial charge on any atom is -0.259 e. The summed E-state index contributed by atoms with van der Waals surface area (Å²) in [5.41, 5.74) is 5.69. The number of unbranched alkanes of at least 4 members (excludes halogenated alkanes) is 2. The van der Waals surface area contributed by atoms with E-state index in [0.717, 1.165) is 35.9 Å². The monoisotopic (exact) mass is 294 g/mol. The maximum atomic E-state index is 4.60. The lowest BCUT2D eigenvalue weighted by molar-refractivity contribution is 0.722. The molecule has 0 bridgehead atoms. The fraction of sp³-hybridized carbons (Fsp3) is 0.389. The van der Waals surface area contributed by atoms with Crippen LogP contribution in [-0.4, -0.2) is 15.9 Å². The van der Waals surface area contributed by atoms with Crippen LogP contribution in [0.2, 0.25) is 0 Å². The molecule has 1 aromatic carbocycles. The molecule has 0 amide bonds. The standard InChI is InChI=1S/C18H22N4/c1-2-3-4-8-14-10-7-12-17(14)20-22-18-16-11-6-5-9-15(16)13-19-21-18/h5-6,9-11,13H,2-4,7-8,12H2,1H3,(H,21,22)/b20-17-. The number of hydrazone groups is 1. The molecule has 0 aliphatic heterocycles. The molecule has 1 heterocycles. The smallest absolute Gasteiger partial charge is 0.176 e. The van der Waals surface area contributed by atoms with E-state index < -0.39 is 0 Å². The Balaban J connectivity index is 1.74. The third kappa shape index (κ3) is 3.32. The number of hydrogen-bond acceptors (Lipinski definition) is 4. The maximum Gasteiger partial charge on any atom is 0.176 e. The topological polar surface area (TPSA) is 50.2 Å². The van der Waals surface area contributed by atoms with Crippen molar-refractivity contribution in [3.8, 4) is 0 Å². The Kier molecular flexibility index (Phi) is 4.78. The summed E-state index contributed by atoms with van der Waals surface area (Å²) in [4.78, 5) is 0. The van der Waals surface area contributed by atoms with E-state index in [-0.39, 0.29) is 0 Å². The van der Waals surface area contributed by atoms with Gasteiger partial charge < -0.3 is 0 Å². The first kappa shape index (κ1) is 14.7. The van der Waals surface area contributed by atoms with E-state index in [1.165, 1.54) is 30.5 Å². The molecule has 2 aromatic rings. The summed E-state index contributed by atoms with van der Waals surface area (Å²) in [6.45, 7) is 2.23. The molecule has 4 nitrogen and oxygen atoms in total. The minimum atomic E-state index is 0.727. The Labute approximate surface area is 131 Å². The van der Waals surface area contributed by atoms with Gasteiger partial charge in [-0.25, -0.2) is 0 Å². The van der Waals surface area contributed by atoms with Crippen LogP contribution >= 0.6 is 0 Å². The molecule has 0 atom stereocenters. The number of hydrogen-bond donors (Lipinski definition) is 1. The number of rotatable bonds is 6. The highest BCUT2D eigenvalue weighted by atomic mass is 15.3. The van der Waals surface area contributed by atoms with Crippen LogP contribution in [0.3, 0.4) is 0 Å². The van der Waals surface area contributed by atoms with Gasteiger partial charge in [-0.3, -0.25) is 5.43 Å². The summed E-state index contributed by atoms with van der Waals surface area (Å²) >= 11 is 0. The molecule has 0 radical (unpaired) electrons. The first-order chi connectivity index (χ1) is 10.9. The summed E-state index contributed by atoms with van der Waals surface area (Å²) < 4.78 is 0. The zero-order valence-electron chi connectivity index (χ0n) is 13.0. The third-order valence-corrected chi connectivity index (χ3v) is 4.06. The maximum absolute atomic E-state index is 4.60. The number of aromatic nitrogens is 2. The van der Waals surface area contributed by atoms with E-state index in [1.54, 1.807) is 6.20 Å². The van der Waals surface area contributed by atoms with Gasteiger partial charge in [-0.1, -0.05) is 50.1 Å². The van der Waals surface area contributed by atoms with E-state index in [9.17, 15) is 0 Å². The van der Waals surface area contributed by atoms with E-state index in [2.05, 4.69) is 33.7 Å². The Morgan fingerprint density at radius 2 is 2.14 bits per heavy atom. The van der Waals surface area contributed by atoms with E-state index in [1.807, 2.05) is 24.3 Å². The van der Waals surface area contributed by atoms with Crippen molar-refractivity contribution < 1.29 is 0 Å². The van der Waals surface area contributed by atoms with Gasteiger partial charge in [-0.05, 0) is 31.3 Å². The van der Waals surface area contributed by atoms with Gasteiger partial charge in [0.1, 0.15) is 0 Å². The molecule has 4 heteroatoms. The van der Waals surface area contributed by atoms with Crippen molar-refractivity contribution in [2.75, 3.05) is 5.43 Å². The predicted octanol–water partition coefficient (Wildman–Crippen LogP) is 4.70. The molecular formula is C18H22N4.